The number of benzene rings is 1. The molecule has 2 rings (SSSR count). The van der Waals surface area contributed by atoms with E-state index in [2.05, 4.69) is 0 Å². The van der Waals surface area contributed by atoms with Crippen LogP contribution in [0, 0.1) is 5.82 Å². The van der Waals surface area contributed by atoms with Crippen molar-refractivity contribution in [2.24, 2.45) is 0 Å². The lowest BCUT2D eigenvalue weighted by molar-refractivity contribution is -0.137. The SMILES string of the molecule is OCCN(c1ccc(C(F)(F)F)cc1F)C1CCC1. The highest BCUT2D eigenvalue weighted by molar-refractivity contribution is 5.51. The fourth-order valence-electron chi connectivity index (χ4n) is 2.22. The average Bonchev–Trinajstić information content (AvgIpc) is 2.24. The van der Waals surface area contributed by atoms with Gasteiger partial charge in [-0.05, 0) is 37.5 Å². The van der Waals surface area contributed by atoms with Crippen molar-refractivity contribution in [1.82, 2.24) is 0 Å². The van der Waals surface area contributed by atoms with Gasteiger partial charge >= 0.3 is 6.18 Å². The maximum atomic E-state index is 13.9. The molecule has 6 heteroatoms. The Bertz CT molecular complexity index is 443. The zero-order valence-electron chi connectivity index (χ0n) is 10.3. The van der Waals surface area contributed by atoms with Gasteiger partial charge in [-0.3, -0.25) is 0 Å². The molecule has 106 valence electrons. The predicted octanol–water partition coefficient (Wildman–Crippen LogP) is 3.20. The smallest absolute Gasteiger partial charge is 0.395 e. The summed E-state index contributed by atoms with van der Waals surface area (Å²) >= 11 is 0. The molecular formula is C13H15F4NO. The molecule has 0 aliphatic heterocycles. The largest absolute Gasteiger partial charge is 0.416 e. The van der Waals surface area contributed by atoms with Crippen LogP contribution in [0.4, 0.5) is 23.2 Å². The lowest BCUT2D eigenvalue weighted by Crippen LogP contribution is -2.42. The van der Waals surface area contributed by atoms with Gasteiger partial charge in [0.2, 0.25) is 0 Å². The average molecular weight is 277 g/mol. The van der Waals surface area contributed by atoms with E-state index in [1.54, 1.807) is 4.90 Å². The van der Waals surface area contributed by atoms with Crippen molar-refractivity contribution < 1.29 is 22.7 Å². The molecule has 1 saturated carbocycles. The van der Waals surface area contributed by atoms with Gasteiger partial charge in [-0.25, -0.2) is 4.39 Å². The highest BCUT2D eigenvalue weighted by Crippen LogP contribution is 2.35. The number of hydrogen-bond donors (Lipinski definition) is 1. The summed E-state index contributed by atoms with van der Waals surface area (Å²) in [5, 5.41) is 9.00. The number of aliphatic hydroxyl groups is 1. The molecule has 0 bridgehead atoms. The van der Waals surface area contributed by atoms with Gasteiger partial charge in [0.25, 0.3) is 0 Å². The Balaban J connectivity index is 2.27. The molecule has 0 radical (unpaired) electrons. The van der Waals surface area contributed by atoms with Crippen LogP contribution in [-0.2, 0) is 6.18 Å². The summed E-state index contributed by atoms with van der Waals surface area (Å²) in [5.74, 6) is -0.893. The monoisotopic (exact) mass is 277 g/mol. The molecule has 0 amide bonds. The maximum Gasteiger partial charge on any atom is 0.416 e. The molecule has 1 N–H and O–H groups in total. The summed E-state index contributed by atoms with van der Waals surface area (Å²) in [6.45, 7) is 0.0733. The van der Waals surface area contributed by atoms with E-state index in [9.17, 15) is 17.6 Å². The fraction of sp³-hybridized carbons (Fsp3) is 0.538. The van der Waals surface area contributed by atoms with Crippen LogP contribution >= 0.6 is 0 Å². The fourth-order valence-corrected chi connectivity index (χ4v) is 2.22. The number of hydrogen-bond acceptors (Lipinski definition) is 2. The van der Waals surface area contributed by atoms with Crippen molar-refractivity contribution in [3.05, 3.63) is 29.6 Å². The Hall–Kier alpha value is -1.30. The molecule has 0 atom stereocenters. The normalized spacial score (nSPS) is 16.3. The van der Waals surface area contributed by atoms with Gasteiger partial charge in [0, 0.05) is 12.6 Å². The van der Waals surface area contributed by atoms with Crippen molar-refractivity contribution >= 4 is 5.69 Å². The second-order valence-corrected chi connectivity index (χ2v) is 4.67. The first-order valence-electron chi connectivity index (χ1n) is 6.17. The first-order chi connectivity index (χ1) is 8.93. The van der Waals surface area contributed by atoms with Gasteiger partial charge in [-0.1, -0.05) is 0 Å². The summed E-state index contributed by atoms with van der Waals surface area (Å²) in [5.41, 5.74) is -0.863. The van der Waals surface area contributed by atoms with Gasteiger partial charge in [0.1, 0.15) is 5.82 Å². The molecule has 19 heavy (non-hydrogen) atoms. The molecule has 2 nitrogen and oxygen atoms in total. The minimum absolute atomic E-state index is 0.110. The number of aliphatic hydroxyl groups excluding tert-OH is 1. The van der Waals surface area contributed by atoms with Crippen molar-refractivity contribution in [3.63, 3.8) is 0 Å². The maximum absolute atomic E-state index is 13.9. The molecule has 0 saturated heterocycles. The van der Waals surface area contributed by atoms with Crippen LogP contribution in [0.25, 0.3) is 0 Å². The third kappa shape index (κ3) is 3.00. The highest BCUT2D eigenvalue weighted by Gasteiger charge is 2.32. The summed E-state index contributed by atoms with van der Waals surface area (Å²) < 4.78 is 51.2. The highest BCUT2D eigenvalue weighted by atomic mass is 19.4. The quantitative estimate of drug-likeness (QED) is 0.854. The van der Waals surface area contributed by atoms with E-state index < -0.39 is 17.6 Å². The van der Waals surface area contributed by atoms with Gasteiger partial charge in [0.05, 0.1) is 17.9 Å². The summed E-state index contributed by atoms with van der Waals surface area (Å²) in [6.07, 6.45) is -1.77. The van der Waals surface area contributed by atoms with Crippen LogP contribution in [0.15, 0.2) is 18.2 Å². The first kappa shape index (κ1) is 14.1. The molecule has 1 aromatic carbocycles. The third-order valence-electron chi connectivity index (χ3n) is 3.44. The topological polar surface area (TPSA) is 23.5 Å². The molecule has 0 aromatic heterocycles. The summed E-state index contributed by atoms with van der Waals surface area (Å²) in [6, 6.07) is 2.64. The Morgan fingerprint density at radius 1 is 1.26 bits per heavy atom. The molecule has 1 aromatic rings. The van der Waals surface area contributed by atoms with E-state index in [0.29, 0.717) is 6.07 Å². The van der Waals surface area contributed by atoms with E-state index >= 15 is 0 Å². The Kier molecular flexibility index (Phi) is 3.99. The molecule has 0 spiro atoms. The van der Waals surface area contributed by atoms with Gasteiger partial charge in [-0.2, -0.15) is 13.2 Å². The molecule has 1 fully saturated rings. The standard InChI is InChI=1S/C13H15F4NO/c14-11-8-9(13(15,16)17)4-5-12(11)18(6-7-19)10-2-1-3-10/h4-5,8,10,19H,1-3,6-7H2. The number of nitrogens with zero attached hydrogens (tertiary/aromatic N) is 1. The van der Waals surface area contributed by atoms with E-state index in [1.165, 1.54) is 0 Å². The minimum atomic E-state index is -4.54. The molecule has 0 heterocycles. The van der Waals surface area contributed by atoms with E-state index in [-0.39, 0.29) is 24.9 Å². The number of halogens is 4. The van der Waals surface area contributed by atoms with Crippen LogP contribution in [0.2, 0.25) is 0 Å². The van der Waals surface area contributed by atoms with Crippen LogP contribution in [-0.4, -0.2) is 24.3 Å². The van der Waals surface area contributed by atoms with E-state index in [1.807, 2.05) is 0 Å². The summed E-state index contributed by atoms with van der Waals surface area (Å²) in [7, 11) is 0. The van der Waals surface area contributed by atoms with Crippen molar-refractivity contribution in [1.29, 1.82) is 0 Å². The molecule has 1 aliphatic carbocycles. The van der Waals surface area contributed by atoms with Gasteiger partial charge in [0.15, 0.2) is 0 Å². The van der Waals surface area contributed by atoms with Crippen LogP contribution in [0.3, 0.4) is 0 Å². The van der Waals surface area contributed by atoms with Crippen LogP contribution < -0.4 is 4.90 Å². The molecular weight excluding hydrogens is 262 g/mol. The zero-order valence-corrected chi connectivity index (χ0v) is 10.3. The number of rotatable bonds is 4. The van der Waals surface area contributed by atoms with E-state index in [0.717, 1.165) is 31.4 Å². The predicted molar refractivity (Wildman–Crippen MR) is 63.5 cm³/mol. The lowest BCUT2D eigenvalue weighted by Gasteiger charge is -2.39. The number of anilines is 1. The van der Waals surface area contributed by atoms with Gasteiger partial charge in [-0.15, -0.1) is 0 Å². The third-order valence-corrected chi connectivity index (χ3v) is 3.44. The molecule has 0 unspecified atom stereocenters. The Morgan fingerprint density at radius 3 is 2.37 bits per heavy atom. The number of alkyl halides is 3. The second kappa shape index (κ2) is 5.36. The Morgan fingerprint density at radius 2 is 1.95 bits per heavy atom. The van der Waals surface area contributed by atoms with Crippen LogP contribution in [0.5, 0.6) is 0 Å². The lowest BCUT2D eigenvalue weighted by atomic mass is 9.91. The zero-order chi connectivity index (χ0) is 14.0. The molecule has 1 aliphatic rings. The summed E-state index contributed by atoms with van der Waals surface area (Å²) in [4.78, 5) is 1.65. The van der Waals surface area contributed by atoms with Crippen molar-refractivity contribution in [2.45, 2.75) is 31.5 Å². The van der Waals surface area contributed by atoms with Crippen molar-refractivity contribution in [3.8, 4) is 0 Å². The second-order valence-electron chi connectivity index (χ2n) is 4.67. The van der Waals surface area contributed by atoms with Crippen LogP contribution in [0.1, 0.15) is 24.8 Å². The first-order valence-corrected chi connectivity index (χ1v) is 6.17. The van der Waals surface area contributed by atoms with Crippen molar-refractivity contribution in [2.75, 3.05) is 18.1 Å². The van der Waals surface area contributed by atoms with Gasteiger partial charge < -0.3 is 10.0 Å². The Labute approximate surface area is 108 Å². The minimum Gasteiger partial charge on any atom is -0.395 e. The van der Waals surface area contributed by atoms with E-state index in [4.69, 9.17) is 5.11 Å².